The molecular weight excluding hydrogens is 130 g/mol. The summed E-state index contributed by atoms with van der Waals surface area (Å²) in [4.78, 5) is 0. The van der Waals surface area contributed by atoms with E-state index in [2.05, 4.69) is 5.73 Å². The highest BCUT2D eigenvalue weighted by molar-refractivity contribution is 4.70. The van der Waals surface area contributed by atoms with Gasteiger partial charge < -0.3 is 15.9 Å². The monoisotopic (exact) mass is 148 g/mol. The number of quaternary nitrogens is 1. The Morgan fingerprint density at radius 2 is 1.90 bits per heavy atom. The van der Waals surface area contributed by atoms with Crippen molar-refractivity contribution in [3.05, 3.63) is 0 Å². The van der Waals surface area contributed by atoms with Crippen LogP contribution in [-0.4, -0.2) is 22.0 Å². The van der Waals surface area contributed by atoms with E-state index in [0.717, 1.165) is 12.8 Å². The topological polar surface area (TPSA) is 68.1 Å². The van der Waals surface area contributed by atoms with E-state index in [9.17, 15) is 10.2 Å². The zero-order valence-electron chi connectivity index (χ0n) is 6.80. The van der Waals surface area contributed by atoms with Crippen molar-refractivity contribution in [1.29, 1.82) is 0 Å². The molecule has 1 unspecified atom stereocenters. The minimum atomic E-state index is -1.56. The van der Waals surface area contributed by atoms with Crippen LogP contribution in [0.2, 0.25) is 0 Å². The van der Waals surface area contributed by atoms with E-state index in [1.54, 1.807) is 6.92 Å². The Kier molecular flexibility index (Phi) is 3.86. The standard InChI is InChI=1S/C7H17NO2/c1-3-5-6(8)7(9,10)4-2/h6,9-10H,3-5,8H2,1-2H3/p+1. The van der Waals surface area contributed by atoms with Crippen LogP contribution in [-0.2, 0) is 0 Å². The molecule has 0 aliphatic rings. The van der Waals surface area contributed by atoms with E-state index in [1.165, 1.54) is 0 Å². The second-order valence-electron chi connectivity index (χ2n) is 2.72. The molecular formula is C7H18NO2+. The molecule has 5 N–H and O–H groups in total. The van der Waals surface area contributed by atoms with Gasteiger partial charge in [0, 0.05) is 12.8 Å². The predicted octanol–water partition coefficient (Wildman–Crippen LogP) is -0.512. The molecule has 0 bridgehead atoms. The summed E-state index contributed by atoms with van der Waals surface area (Å²) in [5.41, 5.74) is 3.67. The number of hydrogen-bond acceptors (Lipinski definition) is 2. The van der Waals surface area contributed by atoms with Crippen molar-refractivity contribution in [2.24, 2.45) is 0 Å². The molecule has 0 amide bonds. The quantitative estimate of drug-likeness (QED) is 0.470. The van der Waals surface area contributed by atoms with Crippen LogP contribution in [0.3, 0.4) is 0 Å². The molecule has 10 heavy (non-hydrogen) atoms. The van der Waals surface area contributed by atoms with Crippen molar-refractivity contribution in [3.8, 4) is 0 Å². The van der Waals surface area contributed by atoms with Gasteiger partial charge in [-0.2, -0.15) is 0 Å². The maximum Gasteiger partial charge on any atom is 0.216 e. The summed E-state index contributed by atoms with van der Waals surface area (Å²) >= 11 is 0. The molecule has 3 nitrogen and oxygen atoms in total. The van der Waals surface area contributed by atoms with Gasteiger partial charge >= 0.3 is 0 Å². The lowest BCUT2D eigenvalue weighted by Gasteiger charge is -2.23. The minimum absolute atomic E-state index is 0.262. The Bertz CT molecular complexity index is 93.6. The zero-order valence-corrected chi connectivity index (χ0v) is 6.80. The molecule has 0 heterocycles. The van der Waals surface area contributed by atoms with Crippen molar-refractivity contribution < 1.29 is 15.9 Å². The summed E-state index contributed by atoms with van der Waals surface area (Å²) in [5.74, 6) is -1.56. The van der Waals surface area contributed by atoms with Crippen LogP contribution in [0, 0.1) is 0 Å². The summed E-state index contributed by atoms with van der Waals surface area (Å²) < 4.78 is 0. The van der Waals surface area contributed by atoms with Gasteiger partial charge in [-0.15, -0.1) is 0 Å². The van der Waals surface area contributed by atoms with Crippen molar-refractivity contribution >= 4 is 0 Å². The van der Waals surface area contributed by atoms with Crippen LogP contribution < -0.4 is 5.73 Å². The van der Waals surface area contributed by atoms with Gasteiger partial charge in [-0.05, 0) is 0 Å². The molecule has 0 saturated heterocycles. The number of aliphatic hydroxyl groups is 2. The first-order chi connectivity index (χ1) is 4.54. The van der Waals surface area contributed by atoms with Crippen molar-refractivity contribution in [2.45, 2.75) is 44.9 Å². The lowest BCUT2D eigenvalue weighted by molar-refractivity contribution is -0.483. The molecule has 1 atom stereocenters. The first-order valence-electron chi connectivity index (χ1n) is 3.82. The van der Waals surface area contributed by atoms with Crippen LogP contribution in [0.1, 0.15) is 33.1 Å². The summed E-state index contributed by atoms with van der Waals surface area (Å²) in [6.45, 7) is 3.75. The van der Waals surface area contributed by atoms with Gasteiger partial charge in [-0.25, -0.2) is 0 Å². The lowest BCUT2D eigenvalue weighted by atomic mass is 10.0. The normalized spacial score (nSPS) is 15.3. The molecule has 0 aromatic heterocycles. The SMILES string of the molecule is CCCC([NH3+])C(O)(O)CC. The molecule has 62 valence electrons. The van der Waals surface area contributed by atoms with Crippen molar-refractivity contribution in [3.63, 3.8) is 0 Å². The molecule has 0 rings (SSSR count). The minimum Gasteiger partial charge on any atom is -0.361 e. The second kappa shape index (κ2) is 3.91. The van der Waals surface area contributed by atoms with Crippen LogP contribution in [0.4, 0.5) is 0 Å². The fraction of sp³-hybridized carbons (Fsp3) is 1.00. The van der Waals surface area contributed by atoms with E-state index in [0.29, 0.717) is 6.42 Å². The number of hydrogen-bond donors (Lipinski definition) is 3. The second-order valence-corrected chi connectivity index (χ2v) is 2.72. The molecule has 0 aliphatic heterocycles. The van der Waals surface area contributed by atoms with Gasteiger partial charge in [0.15, 0.2) is 0 Å². The van der Waals surface area contributed by atoms with Crippen molar-refractivity contribution in [1.82, 2.24) is 0 Å². The van der Waals surface area contributed by atoms with E-state index in [1.807, 2.05) is 6.92 Å². The average Bonchev–Trinajstić information content (AvgIpc) is 1.89. The van der Waals surface area contributed by atoms with Crippen molar-refractivity contribution in [2.75, 3.05) is 0 Å². The summed E-state index contributed by atoms with van der Waals surface area (Å²) in [7, 11) is 0. The molecule has 0 aromatic rings. The van der Waals surface area contributed by atoms with Gasteiger partial charge in [-0.1, -0.05) is 20.3 Å². The fourth-order valence-electron chi connectivity index (χ4n) is 0.868. The highest BCUT2D eigenvalue weighted by Crippen LogP contribution is 2.11. The molecule has 0 spiro atoms. The molecule has 0 aliphatic carbocycles. The van der Waals surface area contributed by atoms with E-state index in [4.69, 9.17) is 0 Å². The smallest absolute Gasteiger partial charge is 0.216 e. The molecule has 0 radical (unpaired) electrons. The zero-order chi connectivity index (χ0) is 8.20. The predicted molar refractivity (Wildman–Crippen MR) is 39.0 cm³/mol. The van der Waals surface area contributed by atoms with Crippen LogP contribution in [0.25, 0.3) is 0 Å². The third-order valence-electron chi connectivity index (χ3n) is 1.81. The lowest BCUT2D eigenvalue weighted by Crippen LogP contribution is -2.71. The van der Waals surface area contributed by atoms with Crippen LogP contribution >= 0.6 is 0 Å². The Morgan fingerprint density at radius 3 is 2.20 bits per heavy atom. The van der Waals surface area contributed by atoms with Gasteiger partial charge in [0.25, 0.3) is 0 Å². The molecule has 0 saturated carbocycles. The Morgan fingerprint density at radius 1 is 1.40 bits per heavy atom. The first kappa shape index (κ1) is 9.88. The fourth-order valence-corrected chi connectivity index (χ4v) is 0.868. The molecule has 0 fully saturated rings. The highest BCUT2D eigenvalue weighted by atomic mass is 16.5. The average molecular weight is 148 g/mol. The Hall–Kier alpha value is -0.120. The Labute approximate surface area is 61.9 Å². The van der Waals surface area contributed by atoms with E-state index in [-0.39, 0.29) is 6.04 Å². The van der Waals surface area contributed by atoms with Gasteiger partial charge in [0.2, 0.25) is 5.79 Å². The van der Waals surface area contributed by atoms with Crippen LogP contribution in [0.5, 0.6) is 0 Å². The highest BCUT2D eigenvalue weighted by Gasteiger charge is 2.31. The Balaban J connectivity index is 3.78. The summed E-state index contributed by atoms with van der Waals surface area (Å²) in [5, 5.41) is 18.4. The third-order valence-corrected chi connectivity index (χ3v) is 1.81. The maximum absolute atomic E-state index is 9.22. The van der Waals surface area contributed by atoms with E-state index >= 15 is 0 Å². The first-order valence-corrected chi connectivity index (χ1v) is 3.82. The summed E-state index contributed by atoms with van der Waals surface area (Å²) in [6.07, 6.45) is 2.05. The maximum atomic E-state index is 9.22. The van der Waals surface area contributed by atoms with Gasteiger partial charge in [-0.3, -0.25) is 0 Å². The number of rotatable bonds is 4. The van der Waals surface area contributed by atoms with Gasteiger partial charge in [0.1, 0.15) is 6.04 Å². The van der Waals surface area contributed by atoms with E-state index < -0.39 is 5.79 Å². The third kappa shape index (κ3) is 2.64. The molecule has 0 aromatic carbocycles. The largest absolute Gasteiger partial charge is 0.361 e. The van der Waals surface area contributed by atoms with Crippen LogP contribution in [0.15, 0.2) is 0 Å². The molecule has 3 heteroatoms. The summed E-state index contributed by atoms with van der Waals surface area (Å²) in [6, 6.07) is -0.262. The van der Waals surface area contributed by atoms with Gasteiger partial charge in [0.05, 0.1) is 0 Å².